The average molecular weight is 331 g/mol. The molecule has 1 aromatic rings. The van der Waals surface area contributed by atoms with Crippen molar-refractivity contribution in [1.29, 1.82) is 0 Å². The summed E-state index contributed by atoms with van der Waals surface area (Å²) in [4.78, 5) is 29.7. The van der Waals surface area contributed by atoms with Crippen LogP contribution in [0.3, 0.4) is 0 Å². The van der Waals surface area contributed by atoms with Crippen LogP contribution in [0.15, 0.2) is 30.3 Å². The Kier molecular flexibility index (Phi) is 6.37. The highest BCUT2D eigenvalue weighted by Gasteiger charge is 2.32. The van der Waals surface area contributed by atoms with Crippen molar-refractivity contribution in [2.24, 2.45) is 0 Å². The summed E-state index contributed by atoms with van der Waals surface area (Å²) in [6.45, 7) is 8.44. The summed E-state index contributed by atoms with van der Waals surface area (Å²) >= 11 is 0. The maximum Gasteiger partial charge on any atom is 0.242 e. The average Bonchev–Trinajstić information content (AvgIpc) is 3.05. The van der Waals surface area contributed by atoms with Gasteiger partial charge in [-0.05, 0) is 25.8 Å². The van der Waals surface area contributed by atoms with Crippen LogP contribution in [-0.4, -0.2) is 65.8 Å². The van der Waals surface area contributed by atoms with E-state index in [9.17, 15) is 9.59 Å². The van der Waals surface area contributed by atoms with Gasteiger partial charge in [-0.25, -0.2) is 0 Å². The number of carbonyl (C=O) groups excluding carboxylic acids is 2. The Morgan fingerprint density at radius 3 is 2.54 bits per heavy atom. The first-order valence-corrected chi connectivity index (χ1v) is 8.74. The van der Waals surface area contributed by atoms with Crippen molar-refractivity contribution in [2.45, 2.75) is 39.3 Å². The van der Waals surface area contributed by atoms with Crippen LogP contribution in [0.2, 0.25) is 0 Å². The van der Waals surface area contributed by atoms with Gasteiger partial charge in [0.25, 0.3) is 0 Å². The van der Waals surface area contributed by atoms with Gasteiger partial charge in [0, 0.05) is 45.7 Å². The second-order valence-corrected chi connectivity index (χ2v) is 6.58. The first kappa shape index (κ1) is 18.5. The summed E-state index contributed by atoms with van der Waals surface area (Å²) < 4.78 is 0. The Morgan fingerprint density at radius 1 is 1.29 bits per heavy atom. The van der Waals surface area contributed by atoms with Crippen LogP contribution >= 0.6 is 0 Å². The molecule has 1 aliphatic rings. The van der Waals surface area contributed by atoms with Gasteiger partial charge in [0.2, 0.25) is 11.8 Å². The van der Waals surface area contributed by atoms with Gasteiger partial charge in [0.05, 0.1) is 6.54 Å². The fourth-order valence-electron chi connectivity index (χ4n) is 3.36. The molecule has 1 aliphatic heterocycles. The first-order chi connectivity index (χ1) is 11.4. The topological polar surface area (TPSA) is 43.9 Å². The maximum absolute atomic E-state index is 12.5. The molecule has 1 fully saturated rings. The predicted molar refractivity (Wildman–Crippen MR) is 95.5 cm³/mol. The number of carbonyl (C=O) groups is 2. The largest absolute Gasteiger partial charge is 0.337 e. The number of nitrogens with zero attached hydrogens (tertiary/aromatic N) is 3. The number of likely N-dealkylation sites (N-methyl/N-ethyl adjacent to an activating group) is 2. The van der Waals surface area contributed by atoms with E-state index in [0.717, 1.165) is 19.5 Å². The third-order valence-corrected chi connectivity index (χ3v) is 5.04. The minimum Gasteiger partial charge on any atom is -0.337 e. The molecular weight excluding hydrogens is 302 g/mol. The summed E-state index contributed by atoms with van der Waals surface area (Å²) in [5, 5.41) is 0. The van der Waals surface area contributed by atoms with Crippen LogP contribution in [0.5, 0.6) is 0 Å². The van der Waals surface area contributed by atoms with E-state index in [2.05, 4.69) is 36.1 Å². The van der Waals surface area contributed by atoms with Gasteiger partial charge in [-0.15, -0.1) is 0 Å². The molecule has 132 valence electrons. The minimum atomic E-state index is -0.0786. The summed E-state index contributed by atoms with van der Waals surface area (Å²) in [6, 6.07) is 11.1. The molecule has 0 bridgehead atoms. The van der Waals surface area contributed by atoms with Gasteiger partial charge in [-0.3, -0.25) is 14.5 Å². The second kappa shape index (κ2) is 8.29. The smallest absolute Gasteiger partial charge is 0.242 e. The molecule has 2 rings (SSSR count). The van der Waals surface area contributed by atoms with Gasteiger partial charge >= 0.3 is 0 Å². The van der Waals surface area contributed by atoms with Crippen molar-refractivity contribution in [3.63, 3.8) is 0 Å². The van der Waals surface area contributed by atoms with Gasteiger partial charge in [0.1, 0.15) is 0 Å². The third kappa shape index (κ3) is 4.35. The van der Waals surface area contributed by atoms with E-state index in [1.54, 1.807) is 7.05 Å². The molecule has 2 amide bonds. The number of likely N-dealkylation sites (tertiary alicyclic amines) is 1. The Labute approximate surface area is 145 Å². The number of benzene rings is 1. The third-order valence-electron chi connectivity index (χ3n) is 5.04. The number of amides is 2. The zero-order valence-electron chi connectivity index (χ0n) is 15.2. The quantitative estimate of drug-likeness (QED) is 0.802. The molecule has 0 saturated carbocycles. The van der Waals surface area contributed by atoms with Gasteiger partial charge in [0.15, 0.2) is 0 Å². The molecule has 0 unspecified atom stereocenters. The van der Waals surface area contributed by atoms with Crippen LogP contribution in [0.25, 0.3) is 0 Å². The minimum absolute atomic E-state index is 0.0365. The Bertz CT molecular complexity index is 561. The van der Waals surface area contributed by atoms with Crippen LogP contribution in [0.4, 0.5) is 0 Å². The molecule has 1 aromatic carbocycles. The lowest BCUT2D eigenvalue weighted by Crippen LogP contribution is -2.46. The fourth-order valence-corrected chi connectivity index (χ4v) is 3.36. The lowest BCUT2D eigenvalue weighted by atomic mass is 10.1. The molecule has 5 heteroatoms. The summed E-state index contributed by atoms with van der Waals surface area (Å²) in [5.74, 6) is -0.0421. The zero-order chi connectivity index (χ0) is 17.7. The highest BCUT2D eigenvalue weighted by Crippen LogP contribution is 2.26. The summed E-state index contributed by atoms with van der Waals surface area (Å²) in [6.07, 6.45) is 0.987. The van der Waals surface area contributed by atoms with Crippen LogP contribution in [0.1, 0.15) is 38.8 Å². The molecule has 0 aliphatic carbocycles. The van der Waals surface area contributed by atoms with E-state index in [0.29, 0.717) is 12.6 Å². The van der Waals surface area contributed by atoms with Crippen LogP contribution in [0, 0.1) is 0 Å². The van der Waals surface area contributed by atoms with Crippen molar-refractivity contribution in [2.75, 3.05) is 33.2 Å². The van der Waals surface area contributed by atoms with E-state index in [4.69, 9.17) is 0 Å². The van der Waals surface area contributed by atoms with E-state index >= 15 is 0 Å². The molecule has 2 atom stereocenters. The number of rotatable bonds is 6. The molecule has 5 nitrogen and oxygen atoms in total. The van der Waals surface area contributed by atoms with E-state index in [1.807, 2.05) is 17.9 Å². The lowest BCUT2D eigenvalue weighted by Gasteiger charge is -2.31. The second-order valence-electron chi connectivity index (χ2n) is 6.58. The van der Waals surface area contributed by atoms with Crippen molar-refractivity contribution in [1.82, 2.24) is 14.7 Å². The first-order valence-electron chi connectivity index (χ1n) is 8.74. The molecule has 1 heterocycles. The maximum atomic E-state index is 12.5. The molecule has 0 radical (unpaired) electrons. The van der Waals surface area contributed by atoms with E-state index in [1.165, 1.54) is 17.4 Å². The van der Waals surface area contributed by atoms with Crippen molar-refractivity contribution in [3.8, 4) is 0 Å². The van der Waals surface area contributed by atoms with Crippen molar-refractivity contribution >= 4 is 11.8 Å². The SMILES string of the molecule is CCN(C(=O)CN(C)C(C)=O)[C@@H]1CCN([C@H](C)c2ccccc2)C1. The number of hydrogen-bond acceptors (Lipinski definition) is 3. The van der Waals surface area contributed by atoms with Crippen LogP contribution in [-0.2, 0) is 9.59 Å². The normalized spacial score (nSPS) is 19.1. The van der Waals surface area contributed by atoms with E-state index < -0.39 is 0 Å². The van der Waals surface area contributed by atoms with Crippen LogP contribution < -0.4 is 0 Å². The van der Waals surface area contributed by atoms with Gasteiger partial charge < -0.3 is 9.80 Å². The highest BCUT2D eigenvalue weighted by molar-refractivity contribution is 5.83. The molecule has 0 aromatic heterocycles. The molecule has 0 N–H and O–H groups in total. The van der Waals surface area contributed by atoms with Crippen molar-refractivity contribution in [3.05, 3.63) is 35.9 Å². The number of hydrogen-bond donors (Lipinski definition) is 0. The van der Waals surface area contributed by atoms with Gasteiger partial charge in [-0.2, -0.15) is 0 Å². The lowest BCUT2D eigenvalue weighted by molar-refractivity contribution is -0.139. The zero-order valence-corrected chi connectivity index (χ0v) is 15.2. The molecule has 24 heavy (non-hydrogen) atoms. The molecule has 0 spiro atoms. The Balaban J connectivity index is 1.97. The molecule has 1 saturated heterocycles. The Hall–Kier alpha value is -1.88. The standard InChI is InChI=1S/C19H29N3O2/c1-5-22(19(24)14-20(4)16(3)23)18-11-12-21(13-18)15(2)17-9-7-6-8-10-17/h6-10,15,18H,5,11-14H2,1-4H3/t15-,18-/m1/s1. The molecular formula is C19H29N3O2. The monoisotopic (exact) mass is 331 g/mol. The van der Waals surface area contributed by atoms with Crippen molar-refractivity contribution < 1.29 is 9.59 Å². The highest BCUT2D eigenvalue weighted by atomic mass is 16.2. The predicted octanol–water partition coefficient (Wildman–Crippen LogP) is 2.15. The summed E-state index contributed by atoms with van der Waals surface area (Å²) in [7, 11) is 1.67. The Morgan fingerprint density at radius 2 is 1.96 bits per heavy atom. The fraction of sp³-hybridized carbons (Fsp3) is 0.579. The van der Waals surface area contributed by atoms with E-state index in [-0.39, 0.29) is 24.4 Å². The van der Waals surface area contributed by atoms with Gasteiger partial charge in [-0.1, -0.05) is 30.3 Å². The summed E-state index contributed by atoms with van der Waals surface area (Å²) in [5.41, 5.74) is 1.31.